The first-order valence-electron chi connectivity index (χ1n) is 9.01. The van der Waals surface area contributed by atoms with Crippen molar-refractivity contribution in [3.05, 3.63) is 35.6 Å². The van der Waals surface area contributed by atoms with Crippen LogP contribution >= 0.6 is 12.4 Å². The van der Waals surface area contributed by atoms with Crippen LogP contribution in [0.25, 0.3) is 0 Å². The van der Waals surface area contributed by atoms with Crippen molar-refractivity contribution in [2.75, 3.05) is 19.7 Å². The number of hydrazine groups is 1. The molecule has 0 aliphatic carbocycles. The first-order chi connectivity index (χ1) is 12.6. The van der Waals surface area contributed by atoms with E-state index in [1.54, 1.807) is 19.1 Å². The Kier molecular flexibility index (Phi) is 7.97. The molecule has 2 fully saturated rings. The Balaban J connectivity index is 0.00000261. The third kappa shape index (κ3) is 5.38. The van der Waals surface area contributed by atoms with Gasteiger partial charge in [0.1, 0.15) is 11.9 Å². The van der Waals surface area contributed by atoms with E-state index in [1.807, 2.05) is 0 Å². The van der Waals surface area contributed by atoms with E-state index in [9.17, 15) is 14.0 Å². The zero-order valence-electron chi connectivity index (χ0n) is 15.2. The highest BCUT2D eigenvalue weighted by Gasteiger charge is 2.41. The maximum absolute atomic E-state index is 13.2. The molecule has 0 radical (unpaired) electrons. The molecule has 3 rings (SSSR count). The number of amides is 1. The predicted molar refractivity (Wildman–Crippen MR) is 101 cm³/mol. The monoisotopic (exact) mass is 400 g/mol. The van der Waals surface area contributed by atoms with E-state index in [-0.39, 0.29) is 49.1 Å². The summed E-state index contributed by atoms with van der Waals surface area (Å²) in [5.41, 5.74) is 6.91. The summed E-state index contributed by atoms with van der Waals surface area (Å²) in [7, 11) is 0. The molecule has 4 atom stereocenters. The molecule has 2 aliphatic rings. The number of esters is 1. The van der Waals surface area contributed by atoms with Crippen molar-refractivity contribution >= 4 is 24.3 Å². The van der Waals surface area contributed by atoms with Crippen LogP contribution in [-0.2, 0) is 14.3 Å². The van der Waals surface area contributed by atoms with Gasteiger partial charge in [0.05, 0.1) is 19.1 Å². The van der Waals surface area contributed by atoms with Crippen LogP contribution in [0.5, 0.6) is 0 Å². The average molecular weight is 401 g/mol. The molecule has 2 saturated heterocycles. The molecule has 0 saturated carbocycles. The minimum atomic E-state index is -0.570. The van der Waals surface area contributed by atoms with Gasteiger partial charge < -0.3 is 15.4 Å². The number of hydrogen-bond donors (Lipinski definition) is 4. The number of carbonyl (C=O) groups is 2. The highest BCUT2D eigenvalue weighted by atomic mass is 35.5. The smallest absolute Gasteiger partial charge is 0.308 e. The fourth-order valence-corrected chi connectivity index (χ4v) is 3.57. The van der Waals surface area contributed by atoms with E-state index >= 15 is 0 Å². The average Bonchev–Trinajstić information content (AvgIpc) is 3.06. The Morgan fingerprint density at radius 3 is 2.74 bits per heavy atom. The molecule has 0 spiro atoms. The number of hydrogen-bond acceptors (Lipinski definition) is 6. The van der Waals surface area contributed by atoms with Gasteiger partial charge in [0.2, 0.25) is 5.91 Å². The Morgan fingerprint density at radius 1 is 1.30 bits per heavy atom. The van der Waals surface area contributed by atoms with Crippen LogP contribution in [0.1, 0.15) is 31.4 Å². The van der Waals surface area contributed by atoms with Crippen molar-refractivity contribution in [3.8, 4) is 0 Å². The molecule has 4 unspecified atom stereocenters. The second kappa shape index (κ2) is 9.98. The molecular formula is C18H26ClFN4O3. The lowest BCUT2D eigenvalue weighted by Crippen LogP contribution is -2.50. The standard InChI is InChI=1S/C18H25FN4O3.ClH/c1-2-26-16(24)9-15(11-3-5-12(19)6-4-11)21-18(25)17-13-10-20-8-7-14(13)22-23-17;/h3-6,13-15,17,20,22-23H,2,7-10H2,1H3,(H,21,25);1H. The van der Waals surface area contributed by atoms with E-state index in [4.69, 9.17) is 4.74 Å². The summed E-state index contributed by atoms with van der Waals surface area (Å²) in [6.45, 7) is 3.67. The van der Waals surface area contributed by atoms with Crippen LogP contribution in [0, 0.1) is 11.7 Å². The number of fused-ring (bicyclic) bond motifs is 1. The summed E-state index contributed by atoms with van der Waals surface area (Å²) in [5.74, 6) is -0.822. The quantitative estimate of drug-likeness (QED) is 0.528. The van der Waals surface area contributed by atoms with Crippen molar-refractivity contribution < 1.29 is 18.7 Å². The minimum absolute atomic E-state index is 0. The van der Waals surface area contributed by atoms with Crippen LogP contribution < -0.4 is 21.5 Å². The molecule has 1 amide bonds. The third-order valence-corrected chi connectivity index (χ3v) is 4.93. The molecule has 2 heterocycles. The molecule has 1 aromatic rings. The van der Waals surface area contributed by atoms with E-state index in [0.29, 0.717) is 5.56 Å². The predicted octanol–water partition coefficient (Wildman–Crippen LogP) is 0.813. The maximum Gasteiger partial charge on any atom is 0.308 e. The summed E-state index contributed by atoms with van der Waals surface area (Å²) >= 11 is 0. The molecule has 2 aliphatic heterocycles. The molecule has 4 N–H and O–H groups in total. The van der Waals surface area contributed by atoms with Gasteiger partial charge in [-0.3, -0.25) is 15.0 Å². The molecule has 150 valence electrons. The van der Waals surface area contributed by atoms with Crippen LogP contribution in [0.3, 0.4) is 0 Å². The number of halogens is 2. The number of benzene rings is 1. The lowest BCUT2D eigenvalue weighted by molar-refractivity contribution is -0.143. The van der Waals surface area contributed by atoms with Gasteiger partial charge in [-0.05, 0) is 37.6 Å². The van der Waals surface area contributed by atoms with Gasteiger partial charge in [-0.15, -0.1) is 12.4 Å². The topological polar surface area (TPSA) is 91.5 Å². The number of carbonyl (C=O) groups excluding carboxylic acids is 2. The van der Waals surface area contributed by atoms with E-state index < -0.39 is 18.1 Å². The van der Waals surface area contributed by atoms with E-state index in [1.165, 1.54) is 12.1 Å². The number of piperidine rings is 1. The van der Waals surface area contributed by atoms with Crippen molar-refractivity contribution in [1.82, 2.24) is 21.5 Å². The summed E-state index contributed by atoms with van der Waals surface area (Å²) in [4.78, 5) is 24.8. The zero-order valence-corrected chi connectivity index (χ0v) is 16.0. The summed E-state index contributed by atoms with van der Waals surface area (Å²) in [5, 5.41) is 6.23. The molecule has 27 heavy (non-hydrogen) atoms. The van der Waals surface area contributed by atoms with Gasteiger partial charge in [-0.2, -0.15) is 0 Å². The van der Waals surface area contributed by atoms with Crippen LogP contribution in [0.2, 0.25) is 0 Å². The Bertz CT molecular complexity index is 646. The highest BCUT2D eigenvalue weighted by Crippen LogP contribution is 2.23. The van der Waals surface area contributed by atoms with Crippen LogP contribution in [-0.4, -0.2) is 43.7 Å². The van der Waals surface area contributed by atoms with E-state index in [2.05, 4.69) is 21.5 Å². The Hall–Kier alpha value is -1.74. The maximum atomic E-state index is 13.2. The lowest BCUT2D eigenvalue weighted by Gasteiger charge is -2.28. The largest absolute Gasteiger partial charge is 0.466 e. The minimum Gasteiger partial charge on any atom is -0.466 e. The molecule has 9 heteroatoms. The summed E-state index contributed by atoms with van der Waals surface area (Å²) < 4.78 is 18.2. The normalized spacial score (nSPS) is 25.0. The van der Waals surface area contributed by atoms with Crippen molar-refractivity contribution in [1.29, 1.82) is 0 Å². The summed E-state index contributed by atoms with van der Waals surface area (Å²) in [6.07, 6.45) is 0.948. The number of ether oxygens (including phenoxy) is 1. The second-order valence-corrected chi connectivity index (χ2v) is 6.65. The first kappa shape index (κ1) is 21.6. The molecule has 0 bridgehead atoms. The van der Waals surface area contributed by atoms with Gasteiger partial charge in [0, 0.05) is 18.5 Å². The van der Waals surface area contributed by atoms with Gasteiger partial charge >= 0.3 is 5.97 Å². The Labute approximate surface area is 164 Å². The lowest BCUT2D eigenvalue weighted by atomic mass is 9.89. The zero-order chi connectivity index (χ0) is 18.5. The fraction of sp³-hybridized carbons (Fsp3) is 0.556. The van der Waals surface area contributed by atoms with Gasteiger partial charge in [0.15, 0.2) is 0 Å². The Morgan fingerprint density at radius 2 is 2.04 bits per heavy atom. The van der Waals surface area contributed by atoms with Gasteiger partial charge in [0.25, 0.3) is 0 Å². The SMILES string of the molecule is CCOC(=O)CC(NC(=O)C1NNC2CCNCC21)c1ccc(F)cc1.Cl. The second-order valence-electron chi connectivity index (χ2n) is 6.65. The third-order valence-electron chi connectivity index (χ3n) is 4.93. The molecular weight excluding hydrogens is 375 g/mol. The van der Waals surface area contributed by atoms with Crippen molar-refractivity contribution in [2.24, 2.45) is 5.92 Å². The number of nitrogens with one attached hydrogen (secondary N) is 4. The van der Waals surface area contributed by atoms with Gasteiger partial charge in [-0.1, -0.05) is 12.1 Å². The molecule has 1 aromatic carbocycles. The summed E-state index contributed by atoms with van der Waals surface area (Å²) in [6, 6.07) is 5.07. The van der Waals surface area contributed by atoms with Gasteiger partial charge in [-0.25, -0.2) is 9.82 Å². The fourth-order valence-electron chi connectivity index (χ4n) is 3.57. The van der Waals surface area contributed by atoms with Crippen LogP contribution in [0.15, 0.2) is 24.3 Å². The van der Waals surface area contributed by atoms with E-state index in [0.717, 1.165) is 19.5 Å². The highest BCUT2D eigenvalue weighted by molar-refractivity contribution is 5.85. The van der Waals surface area contributed by atoms with Crippen molar-refractivity contribution in [2.45, 2.75) is 37.9 Å². The van der Waals surface area contributed by atoms with Crippen LogP contribution in [0.4, 0.5) is 4.39 Å². The van der Waals surface area contributed by atoms with Crippen molar-refractivity contribution in [3.63, 3.8) is 0 Å². The number of rotatable bonds is 6. The molecule has 0 aromatic heterocycles. The molecule has 7 nitrogen and oxygen atoms in total. The first-order valence-corrected chi connectivity index (χ1v) is 9.01.